The number of aliphatic hydroxyl groups is 8. The van der Waals surface area contributed by atoms with Crippen LogP contribution in [0.4, 0.5) is 0 Å². The van der Waals surface area contributed by atoms with Crippen molar-refractivity contribution in [3.63, 3.8) is 0 Å². The molecule has 15 atom stereocenters. The van der Waals surface area contributed by atoms with E-state index in [0.29, 0.717) is 0 Å². The van der Waals surface area contributed by atoms with Gasteiger partial charge in [-0.05, 0) is 0 Å². The van der Waals surface area contributed by atoms with E-state index in [-0.39, 0.29) is 0 Å². The fourth-order valence-corrected chi connectivity index (χ4v) is 5.28. The zero-order chi connectivity index (χ0) is 32.2. The molecule has 0 saturated carbocycles. The molecule has 0 aromatic carbocycles. The Morgan fingerprint density at radius 3 is 1.37 bits per heavy atom. The SMILES string of the molecule is CC(=O)NC1C(O)OC(CO)C(OC2OC(CO)C(OC3OC(CO)C(O)C(O)C3NC(C)=O)C(O)C2NC(C)=O)C1O. The Morgan fingerprint density at radius 2 is 0.930 bits per heavy atom. The number of carbonyl (C=O) groups is 3. The summed E-state index contributed by atoms with van der Waals surface area (Å²) < 4.78 is 28.3. The maximum Gasteiger partial charge on any atom is 0.217 e. The molecule has 0 bridgehead atoms. The lowest BCUT2D eigenvalue weighted by molar-refractivity contribution is -0.351. The van der Waals surface area contributed by atoms with Crippen LogP contribution in [0.15, 0.2) is 0 Å². The molecule has 19 heteroatoms. The average molecular weight is 628 g/mol. The predicted octanol–water partition coefficient (Wildman–Crippen LogP) is -7.14. The van der Waals surface area contributed by atoms with Gasteiger partial charge in [0, 0.05) is 20.8 Å². The molecular formula is C24H41N3O16. The fourth-order valence-electron chi connectivity index (χ4n) is 5.28. The van der Waals surface area contributed by atoms with Gasteiger partial charge in [-0.3, -0.25) is 14.4 Å². The highest BCUT2D eigenvalue weighted by Gasteiger charge is 2.54. The summed E-state index contributed by atoms with van der Waals surface area (Å²) in [5.74, 6) is -1.96. The molecule has 3 heterocycles. The quantitative estimate of drug-likeness (QED) is 0.107. The van der Waals surface area contributed by atoms with Crippen LogP contribution in [0.3, 0.4) is 0 Å². The summed E-state index contributed by atoms with van der Waals surface area (Å²) in [4.78, 5) is 35.5. The van der Waals surface area contributed by atoms with Gasteiger partial charge in [0.1, 0.15) is 73.1 Å². The van der Waals surface area contributed by atoms with Gasteiger partial charge in [-0.25, -0.2) is 0 Å². The van der Waals surface area contributed by atoms with Crippen molar-refractivity contribution in [2.45, 2.75) is 113 Å². The maximum absolute atomic E-state index is 12.1. The van der Waals surface area contributed by atoms with Crippen LogP contribution >= 0.6 is 0 Å². The number of hydrogen-bond donors (Lipinski definition) is 11. The molecule has 3 fully saturated rings. The molecule has 3 aliphatic heterocycles. The van der Waals surface area contributed by atoms with Gasteiger partial charge in [0.05, 0.1) is 19.8 Å². The summed E-state index contributed by atoms with van der Waals surface area (Å²) >= 11 is 0. The second-order valence-electron chi connectivity index (χ2n) is 10.5. The minimum atomic E-state index is -1.77. The summed E-state index contributed by atoms with van der Waals surface area (Å²) in [5, 5.41) is 90.0. The fraction of sp³-hybridized carbons (Fsp3) is 0.875. The smallest absolute Gasteiger partial charge is 0.217 e. The Kier molecular flexibility index (Phi) is 12.5. The van der Waals surface area contributed by atoms with E-state index in [9.17, 15) is 55.2 Å². The predicted molar refractivity (Wildman–Crippen MR) is 136 cm³/mol. The van der Waals surface area contributed by atoms with Gasteiger partial charge in [0.2, 0.25) is 17.7 Å². The molecule has 15 unspecified atom stereocenters. The van der Waals surface area contributed by atoms with Crippen LogP contribution in [0.25, 0.3) is 0 Å². The normalized spacial score (nSPS) is 43.5. The Bertz CT molecular complexity index is 962. The van der Waals surface area contributed by atoms with Gasteiger partial charge in [-0.1, -0.05) is 0 Å². The van der Waals surface area contributed by atoms with E-state index in [1.165, 1.54) is 0 Å². The van der Waals surface area contributed by atoms with Gasteiger partial charge in [-0.15, -0.1) is 0 Å². The van der Waals surface area contributed by atoms with Crippen molar-refractivity contribution in [3.8, 4) is 0 Å². The molecule has 11 N–H and O–H groups in total. The second-order valence-corrected chi connectivity index (χ2v) is 10.5. The van der Waals surface area contributed by atoms with Crippen LogP contribution in [0.5, 0.6) is 0 Å². The van der Waals surface area contributed by atoms with Crippen molar-refractivity contribution in [2.24, 2.45) is 0 Å². The number of carbonyl (C=O) groups excluding carboxylic acids is 3. The van der Waals surface area contributed by atoms with Crippen molar-refractivity contribution in [3.05, 3.63) is 0 Å². The second kappa shape index (κ2) is 15.3. The summed E-state index contributed by atoms with van der Waals surface area (Å²) in [6.45, 7) is 0.995. The van der Waals surface area contributed by atoms with Gasteiger partial charge < -0.3 is 80.5 Å². The van der Waals surface area contributed by atoms with E-state index in [4.69, 9.17) is 23.7 Å². The van der Waals surface area contributed by atoms with Crippen LogP contribution < -0.4 is 16.0 Å². The molecule has 3 aliphatic rings. The Hall–Kier alpha value is -2.11. The maximum atomic E-state index is 12.1. The first-order chi connectivity index (χ1) is 20.2. The van der Waals surface area contributed by atoms with E-state index in [1.54, 1.807) is 0 Å². The van der Waals surface area contributed by atoms with Crippen molar-refractivity contribution in [2.75, 3.05) is 19.8 Å². The van der Waals surface area contributed by atoms with Crippen molar-refractivity contribution >= 4 is 17.7 Å². The number of aliphatic hydroxyl groups excluding tert-OH is 8. The number of hydrogen-bond acceptors (Lipinski definition) is 16. The third-order valence-corrected chi connectivity index (χ3v) is 7.30. The Morgan fingerprint density at radius 1 is 0.558 bits per heavy atom. The van der Waals surface area contributed by atoms with Crippen LogP contribution in [0.2, 0.25) is 0 Å². The monoisotopic (exact) mass is 627 g/mol. The lowest BCUT2D eigenvalue weighted by Crippen LogP contribution is -2.71. The molecule has 0 radical (unpaired) electrons. The zero-order valence-electron chi connectivity index (χ0n) is 23.6. The molecule has 3 amide bonds. The highest BCUT2D eigenvalue weighted by Crippen LogP contribution is 2.32. The zero-order valence-corrected chi connectivity index (χ0v) is 23.6. The molecule has 0 spiro atoms. The van der Waals surface area contributed by atoms with Gasteiger partial charge in [0.25, 0.3) is 0 Å². The molecule has 43 heavy (non-hydrogen) atoms. The summed E-state index contributed by atoms with van der Waals surface area (Å²) in [5.41, 5.74) is 0. The highest BCUT2D eigenvalue weighted by molar-refractivity contribution is 5.74. The van der Waals surface area contributed by atoms with Crippen LogP contribution in [-0.4, -0.2) is 170 Å². The van der Waals surface area contributed by atoms with Crippen molar-refractivity contribution in [1.29, 1.82) is 0 Å². The molecule has 3 rings (SSSR count). The van der Waals surface area contributed by atoms with E-state index < -0.39 is 129 Å². The third kappa shape index (κ3) is 8.14. The molecular weight excluding hydrogens is 586 g/mol. The van der Waals surface area contributed by atoms with E-state index in [2.05, 4.69) is 16.0 Å². The Labute approximate surface area is 245 Å². The minimum Gasteiger partial charge on any atom is -0.394 e. The lowest BCUT2D eigenvalue weighted by Gasteiger charge is -2.49. The topological polar surface area (TPSA) is 295 Å². The highest BCUT2D eigenvalue weighted by atomic mass is 16.7. The van der Waals surface area contributed by atoms with Crippen molar-refractivity contribution in [1.82, 2.24) is 16.0 Å². The molecule has 0 aromatic rings. The molecule has 248 valence electrons. The summed E-state index contributed by atoms with van der Waals surface area (Å²) in [6.07, 6.45) is -19.0. The minimum absolute atomic E-state index is 0.628. The van der Waals surface area contributed by atoms with Crippen LogP contribution in [0, 0.1) is 0 Å². The summed E-state index contributed by atoms with van der Waals surface area (Å²) in [6, 6.07) is -4.31. The molecule has 0 aromatic heterocycles. The average Bonchev–Trinajstić information content (AvgIpc) is 2.94. The third-order valence-electron chi connectivity index (χ3n) is 7.30. The number of rotatable bonds is 10. The van der Waals surface area contributed by atoms with Gasteiger partial charge >= 0.3 is 0 Å². The Balaban J connectivity index is 1.89. The van der Waals surface area contributed by atoms with Crippen molar-refractivity contribution < 1.29 is 78.9 Å². The van der Waals surface area contributed by atoms with Gasteiger partial charge in [0.15, 0.2) is 18.9 Å². The standard InChI is InChI=1S/C24H41N3O16/c1-7(31)25-13-18(36)20(11(5-29)39-22(13)38)42-24-15(27-9(3)33)19(37)21(12(6-30)41-24)43-23-14(26-8(2)32)17(35)16(34)10(4-28)40-23/h10-24,28-30,34-38H,4-6H2,1-3H3,(H,25,31)(H,26,32)(H,27,33). The van der Waals surface area contributed by atoms with E-state index in [1.807, 2.05) is 0 Å². The van der Waals surface area contributed by atoms with E-state index >= 15 is 0 Å². The molecule has 19 nitrogen and oxygen atoms in total. The molecule has 0 aliphatic carbocycles. The van der Waals surface area contributed by atoms with Gasteiger partial charge in [-0.2, -0.15) is 0 Å². The number of nitrogens with one attached hydrogen (secondary N) is 3. The first kappa shape index (κ1) is 35.4. The van der Waals surface area contributed by atoms with Crippen LogP contribution in [0.1, 0.15) is 20.8 Å². The van der Waals surface area contributed by atoms with Crippen LogP contribution in [-0.2, 0) is 38.1 Å². The first-order valence-electron chi connectivity index (χ1n) is 13.5. The van der Waals surface area contributed by atoms with E-state index in [0.717, 1.165) is 20.8 Å². The summed E-state index contributed by atoms with van der Waals surface area (Å²) in [7, 11) is 0. The first-order valence-corrected chi connectivity index (χ1v) is 13.5. The number of ether oxygens (including phenoxy) is 5. The number of amides is 3. The largest absolute Gasteiger partial charge is 0.394 e. The lowest BCUT2D eigenvalue weighted by atomic mass is 9.93. The molecule has 3 saturated heterocycles.